The highest BCUT2D eigenvalue weighted by atomic mass is 16.5. The Balaban J connectivity index is 1.85. The highest BCUT2D eigenvalue weighted by Gasteiger charge is 2.42. The van der Waals surface area contributed by atoms with Crippen molar-refractivity contribution in [3.63, 3.8) is 0 Å². The summed E-state index contributed by atoms with van der Waals surface area (Å²) in [6.07, 6.45) is 10.7. The molecule has 2 aliphatic rings. The molecule has 0 bridgehead atoms. The van der Waals surface area contributed by atoms with Gasteiger partial charge in [-0.15, -0.1) is 13.2 Å². The first-order valence-corrected chi connectivity index (χ1v) is 9.96. The van der Waals surface area contributed by atoms with Crippen LogP contribution >= 0.6 is 0 Å². The molecule has 1 aliphatic carbocycles. The van der Waals surface area contributed by atoms with Crippen molar-refractivity contribution >= 4 is 5.91 Å². The van der Waals surface area contributed by atoms with Crippen molar-refractivity contribution in [2.75, 3.05) is 13.7 Å². The summed E-state index contributed by atoms with van der Waals surface area (Å²) in [5.41, 5.74) is 0.722. The number of benzene rings is 1. The number of carbonyl (C=O) groups excluding carboxylic acids is 1. The molecule has 0 spiro atoms. The maximum atomic E-state index is 12.6. The summed E-state index contributed by atoms with van der Waals surface area (Å²) < 4.78 is 11.8. The van der Waals surface area contributed by atoms with Crippen LogP contribution in [0.15, 0.2) is 43.5 Å². The molecule has 27 heavy (non-hydrogen) atoms. The molecule has 1 saturated carbocycles. The van der Waals surface area contributed by atoms with Gasteiger partial charge in [-0.05, 0) is 62.6 Å². The minimum atomic E-state index is -0.460. The summed E-state index contributed by atoms with van der Waals surface area (Å²) in [6.45, 7) is 8.36. The van der Waals surface area contributed by atoms with Crippen LogP contribution in [0.25, 0.3) is 0 Å². The molecule has 1 aliphatic heterocycles. The predicted octanol–water partition coefficient (Wildman–Crippen LogP) is 4.76. The molecule has 1 saturated heterocycles. The highest BCUT2D eigenvalue weighted by molar-refractivity contribution is 5.84. The zero-order valence-corrected chi connectivity index (χ0v) is 16.3. The molecule has 1 heterocycles. The zero-order chi connectivity index (χ0) is 19.3. The van der Waals surface area contributed by atoms with Gasteiger partial charge in [-0.3, -0.25) is 4.79 Å². The average Bonchev–Trinajstić information content (AvgIpc) is 3.17. The van der Waals surface area contributed by atoms with E-state index in [1.165, 1.54) is 18.4 Å². The fourth-order valence-corrected chi connectivity index (χ4v) is 4.49. The third kappa shape index (κ3) is 4.20. The second-order valence-corrected chi connectivity index (χ2v) is 7.81. The van der Waals surface area contributed by atoms with E-state index in [2.05, 4.69) is 30.6 Å². The Hall–Kier alpha value is -2.23. The smallest absolute Gasteiger partial charge is 0.226 e. The van der Waals surface area contributed by atoms with Crippen LogP contribution in [0, 0.1) is 5.41 Å². The number of ether oxygens (including phenoxy) is 2. The van der Waals surface area contributed by atoms with Gasteiger partial charge in [0.05, 0.1) is 18.6 Å². The molecule has 2 fully saturated rings. The number of rotatable bonds is 8. The van der Waals surface area contributed by atoms with Gasteiger partial charge in [-0.1, -0.05) is 18.2 Å². The minimum Gasteiger partial charge on any atom is -0.493 e. The van der Waals surface area contributed by atoms with E-state index in [9.17, 15) is 4.79 Å². The van der Waals surface area contributed by atoms with Crippen LogP contribution < -0.4 is 14.8 Å². The van der Waals surface area contributed by atoms with E-state index in [-0.39, 0.29) is 17.9 Å². The zero-order valence-electron chi connectivity index (χ0n) is 16.3. The van der Waals surface area contributed by atoms with Crippen LogP contribution in [0.5, 0.6) is 11.5 Å². The number of carbonyl (C=O) groups is 1. The van der Waals surface area contributed by atoms with Gasteiger partial charge < -0.3 is 14.8 Å². The highest BCUT2D eigenvalue weighted by Crippen LogP contribution is 2.43. The first-order chi connectivity index (χ1) is 13.1. The summed E-state index contributed by atoms with van der Waals surface area (Å²) in [5.74, 6) is 1.93. The monoisotopic (exact) mass is 369 g/mol. The van der Waals surface area contributed by atoms with Crippen LogP contribution in [0.4, 0.5) is 0 Å². The van der Waals surface area contributed by atoms with E-state index < -0.39 is 5.41 Å². The second kappa shape index (κ2) is 8.64. The topological polar surface area (TPSA) is 47.6 Å². The largest absolute Gasteiger partial charge is 0.493 e. The molecule has 1 amide bonds. The van der Waals surface area contributed by atoms with E-state index in [0.717, 1.165) is 30.8 Å². The fraction of sp³-hybridized carbons (Fsp3) is 0.522. The third-order valence-electron chi connectivity index (χ3n) is 5.95. The maximum Gasteiger partial charge on any atom is 0.226 e. The van der Waals surface area contributed by atoms with Crippen LogP contribution in [0.1, 0.15) is 56.4 Å². The van der Waals surface area contributed by atoms with Crippen molar-refractivity contribution in [1.82, 2.24) is 5.32 Å². The van der Waals surface area contributed by atoms with E-state index >= 15 is 0 Å². The Morgan fingerprint density at radius 3 is 2.52 bits per heavy atom. The van der Waals surface area contributed by atoms with E-state index in [1.807, 2.05) is 18.2 Å². The third-order valence-corrected chi connectivity index (χ3v) is 5.95. The molecule has 0 radical (unpaired) electrons. The van der Waals surface area contributed by atoms with Crippen molar-refractivity contribution in [1.29, 1.82) is 0 Å². The van der Waals surface area contributed by atoms with Gasteiger partial charge in [0.1, 0.15) is 0 Å². The normalized spacial score (nSPS) is 22.1. The van der Waals surface area contributed by atoms with E-state index in [1.54, 1.807) is 7.11 Å². The Morgan fingerprint density at radius 2 is 1.89 bits per heavy atom. The lowest BCUT2D eigenvalue weighted by Crippen LogP contribution is -2.48. The number of amides is 1. The van der Waals surface area contributed by atoms with Crippen LogP contribution in [-0.4, -0.2) is 25.7 Å². The lowest BCUT2D eigenvalue weighted by atomic mass is 9.69. The average molecular weight is 370 g/mol. The quantitative estimate of drug-likeness (QED) is 0.672. The molecule has 4 nitrogen and oxygen atoms in total. The molecule has 1 atom stereocenters. The van der Waals surface area contributed by atoms with Crippen molar-refractivity contribution < 1.29 is 14.3 Å². The SMILES string of the molecule is C=CCC1(CC=C)CC(c2ccc(OC)c(OC3CCCC3)c2)CNC1=O. The van der Waals surface area contributed by atoms with E-state index in [0.29, 0.717) is 19.4 Å². The standard InChI is InChI=1S/C23H31NO3/c1-4-12-23(13-5-2)15-18(16-24-22(23)25)17-10-11-20(26-3)21(14-17)27-19-8-6-7-9-19/h4-5,10-11,14,18-19H,1-2,6-9,12-13,15-16H2,3H3,(H,24,25). The molecule has 1 aromatic rings. The molecule has 1 aromatic carbocycles. The number of hydrogen-bond donors (Lipinski definition) is 1. The van der Waals surface area contributed by atoms with Gasteiger partial charge >= 0.3 is 0 Å². The molecule has 146 valence electrons. The molecular weight excluding hydrogens is 338 g/mol. The predicted molar refractivity (Wildman–Crippen MR) is 108 cm³/mol. The van der Waals surface area contributed by atoms with Crippen molar-refractivity contribution in [3.05, 3.63) is 49.1 Å². The van der Waals surface area contributed by atoms with Crippen LogP contribution in [0.2, 0.25) is 0 Å². The Labute approximate surface area is 162 Å². The van der Waals surface area contributed by atoms with Crippen LogP contribution in [0.3, 0.4) is 0 Å². The number of methoxy groups -OCH3 is 1. The Morgan fingerprint density at radius 1 is 1.19 bits per heavy atom. The van der Waals surface area contributed by atoms with Crippen molar-refractivity contribution in [2.24, 2.45) is 5.41 Å². The molecule has 4 heteroatoms. The summed E-state index contributed by atoms with van der Waals surface area (Å²) in [4.78, 5) is 12.6. The van der Waals surface area contributed by atoms with Gasteiger partial charge in [0.2, 0.25) is 5.91 Å². The minimum absolute atomic E-state index is 0.106. The number of hydrogen-bond acceptors (Lipinski definition) is 3. The van der Waals surface area contributed by atoms with Gasteiger partial charge in [0, 0.05) is 12.5 Å². The van der Waals surface area contributed by atoms with Crippen molar-refractivity contribution in [3.8, 4) is 11.5 Å². The first-order valence-electron chi connectivity index (χ1n) is 9.96. The molecule has 3 rings (SSSR count). The second-order valence-electron chi connectivity index (χ2n) is 7.81. The molecule has 1 N–H and O–H groups in total. The van der Waals surface area contributed by atoms with Gasteiger partial charge in [-0.25, -0.2) is 0 Å². The number of allylic oxidation sites excluding steroid dienone is 2. The lowest BCUT2D eigenvalue weighted by Gasteiger charge is -2.39. The van der Waals surface area contributed by atoms with Crippen LogP contribution in [-0.2, 0) is 4.79 Å². The van der Waals surface area contributed by atoms with Gasteiger partial charge in [0.25, 0.3) is 0 Å². The molecule has 0 aromatic heterocycles. The van der Waals surface area contributed by atoms with Gasteiger partial charge in [0.15, 0.2) is 11.5 Å². The Kier molecular flexibility index (Phi) is 6.25. The number of piperidine rings is 1. The summed E-state index contributed by atoms with van der Waals surface area (Å²) >= 11 is 0. The molecular formula is C23H31NO3. The fourth-order valence-electron chi connectivity index (χ4n) is 4.49. The summed E-state index contributed by atoms with van der Waals surface area (Å²) in [7, 11) is 1.68. The van der Waals surface area contributed by atoms with E-state index in [4.69, 9.17) is 9.47 Å². The summed E-state index contributed by atoms with van der Waals surface area (Å²) in [6, 6.07) is 6.18. The maximum absolute atomic E-state index is 12.6. The first kappa shape index (κ1) is 19.5. The Bertz CT molecular complexity index is 681. The van der Waals surface area contributed by atoms with Crippen molar-refractivity contribution in [2.45, 2.75) is 57.0 Å². The lowest BCUT2D eigenvalue weighted by molar-refractivity contribution is -0.133. The van der Waals surface area contributed by atoms with Gasteiger partial charge in [-0.2, -0.15) is 0 Å². The summed E-state index contributed by atoms with van der Waals surface area (Å²) in [5, 5.41) is 3.11. The molecule has 1 unspecified atom stereocenters. The number of nitrogens with one attached hydrogen (secondary N) is 1.